The number of carbonyl (C=O) groups is 1. The lowest BCUT2D eigenvalue weighted by atomic mass is 9.76. The van der Waals surface area contributed by atoms with Crippen LogP contribution in [0.4, 0.5) is 4.39 Å². The highest BCUT2D eigenvalue weighted by Gasteiger charge is 2.39. The van der Waals surface area contributed by atoms with E-state index in [1.807, 2.05) is 13.0 Å². The molecule has 0 amide bonds. The van der Waals surface area contributed by atoms with E-state index in [2.05, 4.69) is 22.0 Å². The van der Waals surface area contributed by atoms with Gasteiger partial charge in [0.2, 0.25) is 0 Å². The van der Waals surface area contributed by atoms with Crippen molar-refractivity contribution in [3.63, 3.8) is 0 Å². The number of carbonyl (C=O) groups excluding carboxylic acids is 1. The van der Waals surface area contributed by atoms with Crippen molar-refractivity contribution in [1.82, 2.24) is 4.90 Å². The van der Waals surface area contributed by atoms with Gasteiger partial charge in [0.05, 0.1) is 28.6 Å². The standard InChI is InChI=1S/C26H25BrFN3O3/c1-3-33-22-12-16(11-18(27)25(22)34-14-15-7-4-5-8-19(15)28)23-17(13-29)26(30)31(2)20-9-6-10-21(32)24(20)23/h4-5,7-8,11-12,23H,3,6,9-10,14,30H2,1-2H3/t23-/m0/s1. The Morgan fingerprint density at radius 1 is 1.26 bits per heavy atom. The number of allylic oxidation sites excluding steroid dienone is 3. The molecule has 1 aliphatic heterocycles. The zero-order chi connectivity index (χ0) is 24.4. The predicted molar refractivity (Wildman–Crippen MR) is 129 cm³/mol. The van der Waals surface area contributed by atoms with E-state index in [0.717, 1.165) is 18.5 Å². The molecule has 1 atom stereocenters. The molecule has 0 saturated carbocycles. The Labute approximate surface area is 206 Å². The molecule has 0 radical (unpaired) electrons. The van der Waals surface area contributed by atoms with Gasteiger partial charge in [-0.25, -0.2) is 4.39 Å². The SMILES string of the molecule is CCOc1cc([C@H]2C(C#N)=C(N)N(C)C3=C2C(=O)CCC3)cc(Br)c1OCc1ccccc1F. The highest BCUT2D eigenvalue weighted by molar-refractivity contribution is 9.10. The van der Waals surface area contributed by atoms with E-state index >= 15 is 0 Å². The van der Waals surface area contributed by atoms with Gasteiger partial charge in [0.15, 0.2) is 17.3 Å². The largest absolute Gasteiger partial charge is 0.490 e. The van der Waals surface area contributed by atoms with Crippen LogP contribution in [-0.2, 0) is 11.4 Å². The minimum atomic E-state index is -0.597. The van der Waals surface area contributed by atoms with Gasteiger partial charge >= 0.3 is 0 Å². The molecule has 4 rings (SSSR count). The molecule has 0 bridgehead atoms. The van der Waals surface area contributed by atoms with E-state index in [1.165, 1.54) is 6.07 Å². The van der Waals surface area contributed by atoms with Crippen molar-refractivity contribution >= 4 is 21.7 Å². The second kappa shape index (κ2) is 9.90. The van der Waals surface area contributed by atoms with E-state index in [1.54, 1.807) is 36.2 Å². The summed E-state index contributed by atoms with van der Waals surface area (Å²) in [6.45, 7) is 2.24. The maximum atomic E-state index is 14.1. The number of ether oxygens (including phenoxy) is 2. The average Bonchev–Trinajstić information content (AvgIpc) is 2.82. The Hall–Kier alpha value is -3.31. The van der Waals surface area contributed by atoms with Gasteiger partial charge in [0, 0.05) is 30.3 Å². The summed E-state index contributed by atoms with van der Waals surface area (Å²) in [6.07, 6.45) is 1.91. The minimum absolute atomic E-state index is 0.0169. The molecule has 0 saturated heterocycles. The Bertz CT molecular complexity index is 1250. The lowest BCUT2D eigenvalue weighted by Gasteiger charge is -2.37. The summed E-state index contributed by atoms with van der Waals surface area (Å²) in [5, 5.41) is 9.97. The Morgan fingerprint density at radius 2 is 2.03 bits per heavy atom. The number of ketones is 1. The van der Waals surface area contributed by atoms with Crippen LogP contribution in [0.25, 0.3) is 0 Å². The predicted octanol–water partition coefficient (Wildman–Crippen LogP) is 5.30. The van der Waals surface area contributed by atoms with Crippen LogP contribution >= 0.6 is 15.9 Å². The number of nitrogens with zero attached hydrogens (tertiary/aromatic N) is 2. The molecular formula is C26H25BrFN3O3. The molecule has 0 fully saturated rings. The van der Waals surface area contributed by atoms with Crippen molar-refractivity contribution in [2.75, 3.05) is 13.7 Å². The Morgan fingerprint density at radius 3 is 2.74 bits per heavy atom. The summed E-state index contributed by atoms with van der Waals surface area (Å²) in [5.41, 5.74) is 9.24. The van der Waals surface area contributed by atoms with Crippen molar-refractivity contribution in [3.05, 3.63) is 80.5 Å². The van der Waals surface area contributed by atoms with Crippen LogP contribution in [-0.4, -0.2) is 24.3 Å². The molecule has 0 unspecified atom stereocenters. The van der Waals surface area contributed by atoms with Gasteiger partial charge in [-0.1, -0.05) is 18.2 Å². The third-order valence-electron chi connectivity index (χ3n) is 6.16. The van der Waals surface area contributed by atoms with Gasteiger partial charge in [-0.2, -0.15) is 5.26 Å². The Balaban J connectivity index is 1.79. The fraction of sp³-hybridized carbons (Fsp3) is 0.308. The van der Waals surface area contributed by atoms with Gasteiger partial charge in [-0.05, 0) is 59.5 Å². The summed E-state index contributed by atoms with van der Waals surface area (Å²) in [4.78, 5) is 14.8. The topological polar surface area (TPSA) is 88.6 Å². The number of hydrogen-bond donors (Lipinski definition) is 1. The van der Waals surface area contributed by atoms with Crippen LogP contribution in [0.5, 0.6) is 11.5 Å². The van der Waals surface area contributed by atoms with Crippen molar-refractivity contribution in [3.8, 4) is 17.6 Å². The van der Waals surface area contributed by atoms with Gasteiger partial charge in [-0.15, -0.1) is 0 Å². The minimum Gasteiger partial charge on any atom is -0.490 e. The van der Waals surface area contributed by atoms with E-state index < -0.39 is 5.92 Å². The van der Waals surface area contributed by atoms with Gasteiger partial charge in [0.1, 0.15) is 18.2 Å². The highest BCUT2D eigenvalue weighted by atomic mass is 79.9. The first-order valence-corrected chi connectivity index (χ1v) is 11.9. The van der Waals surface area contributed by atoms with E-state index in [-0.39, 0.29) is 18.2 Å². The van der Waals surface area contributed by atoms with Crippen molar-refractivity contribution in [2.45, 2.75) is 38.7 Å². The molecule has 8 heteroatoms. The second-order valence-corrected chi connectivity index (χ2v) is 9.04. The molecule has 2 aromatic carbocycles. The summed E-state index contributed by atoms with van der Waals surface area (Å²) in [5.74, 6) is 0.265. The van der Waals surface area contributed by atoms with Gasteiger partial charge in [0.25, 0.3) is 0 Å². The molecule has 0 spiro atoms. The van der Waals surface area contributed by atoms with Crippen molar-refractivity contribution in [1.29, 1.82) is 5.26 Å². The molecule has 2 N–H and O–H groups in total. The van der Waals surface area contributed by atoms with E-state index in [9.17, 15) is 14.4 Å². The molecule has 1 heterocycles. The number of Topliss-reactive ketones (excluding diaryl/α,β-unsaturated/α-hetero) is 1. The molecule has 6 nitrogen and oxygen atoms in total. The van der Waals surface area contributed by atoms with Crippen LogP contribution in [0.1, 0.15) is 43.2 Å². The Kier molecular flexibility index (Phi) is 6.94. The summed E-state index contributed by atoms with van der Waals surface area (Å²) >= 11 is 3.56. The fourth-order valence-electron chi connectivity index (χ4n) is 4.52. The smallest absolute Gasteiger partial charge is 0.175 e. The molecule has 34 heavy (non-hydrogen) atoms. The van der Waals surface area contributed by atoms with Crippen LogP contribution in [0.15, 0.2) is 63.5 Å². The quantitative estimate of drug-likeness (QED) is 0.550. The fourth-order valence-corrected chi connectivity index (χ4v) is 5.09. The first-order chi connectivity index (χ1) is 16.4. The van der Waals surface area contributed by atoms with Gasteiger partial charge in [-0.3, -0.25) is 4.79 Å². The lowest BCUT2D eigenvalue weighted by Crippen LogP contribution is -2.36. The molecule has 2 aromatic rings. The first kappa shape index (κ1) is 23.8. The molecule has 2 aliphatic rings. The first-order valence-electron chi connectivity index (χ1n) is 11.1. The van der Waals surface area contributed by atoms with E-state index in [0.29, 0.717) is 57.1 Å². The van der Waals surface area contributed by atoms with Crippen molar-refractivity contribution < 1.29 is 18.7 Å². The second-order valence-electron chi connectivity index (χ2n) is 8.18. The van der Waals surface area contributed by atoms with Crippen LogP contribution in [0.2, 0.25) is 0 Å². The van der Waals surface area contributed by atoms with E-state index in [4.69, 9.17) is 15.2 Å². The number of rotatable bonds is 6. The molecule has 0 aromatic heterocycles. The summed E-state index contributed by atoms with van der Waals surface area (Å²) in [6, 6.07) is 12.2. The average molecular weight is 526 g/mol. The highest BCUT2D eigenvalue weighted by Crippen LogP contribution is 2.47. The van der Waals surface area contributed by atoms with Crippen LogP contribution in [0, 0.1) is 17.1 Å². The van der Waals surface area contributed by atoms with Gasteiger partial charge < -0.3 is 20.1 Å². The number of hydrogen-bond acceptors (Lipinski definition) is 6. The molecule has 176 valence electrons. The summed E-state index contributed by atoms with van der Waals surface area (Å²) < 4.78 is 26.5. The van der Waals surface area contributed by atoms with Crippen LogP contribution < -0.4 is 15.2 Å². The third-order valence-corrected chi connectivity index (χ3v) is 6.75. The zero-order valence-corrected chi connectivity index (χ0v) is 20.6. The lowest BCUT2D eigenvalue weighted by molar-refractivity contribution is -0.116. The third kappa shape index (κ3) is 4.28. The maximum absolute atomic E-state index is 14.1. The van der Waals surface area contributed by atoms with Crippen LogP contribution in [0.3, 0.4) is 0 Å². The number of benzene rings is 2. The normalized spacial score (nSPS) is 18.0. The van der Waals surface area contributed by atoms with Crippen molar-refractivity contribution in [2.24, 2.45) is 5.73 Å². The number of nitrogens with two attached hydrogens (primary N) is 1. The monoisotopic (exact) mass is 525 g/mol. The number of nitriles is 1. The zero-order valence-electron chi connectivity index (χ0n) is 19.0. The number of halogens is 2. The summed E-state index contributed by atoms with van der Waals surface area (Å²) in [7, 11) is 1.79. The molecule has 1 aliphatic carbocycles. The molecular weight excluding hydrogens is 501 g/mol. The maximum Gasteiger partial charge on any atom is 0.175 e.